The third kappa shape index (κ3) is 4.94. The van der Waals surface area contributed by atoms with E-state index in [1.807, 2.05) is 6.08 Å². The molecule has 5 heteroatoms. The molecule has 0 radical (unpaired) electrons. The second kappa shape index (κ2) is 7.03. The fraction of sp³-hybridized carbons (Fsp3) is 0.889. The van der Waals surface area contributed by atoms with Crippen molar-refractivity contribution in [1.29, 1.82) is 0 Å². The first kappa shape index (κ1) is 20.9. The molecule has 0 aromatic heterocycles. The normalized spacial score (nSPS) is 22.2. The maximum absolute atomic E-state index is 6.26. The Labute approximate surface area is 145 Å². The minimum Gasteiger partial charge on any atom is -0.417 e. The highest BCUT2D eigenvalue weighted by Crippen LogP contribution is 2.41. The predicted octanol–water partition coefficient (Wildman–Crippen LogP) is 5.44. The lowest BCUT2D eigenvalue weighted by Gasteiger charge is -2.36. The summed E-state index contributed by atoms with van der Waals surface area (Å²) in [5.74, 6) is 0.207. The molecule has 3 nitrogen and oxygen atoms in total. The van der Waals surface area contributed by atoms with Gasteiger partial charge < -0.3 is 13.7 Å². The topological polar surface area (TPSA) is 27.7 Å². The van der Waals surface area contributed by atoms with E-state index < -0.39 is 8.32 Å². The number of hydrogen-bond donors (Lipinski definition) is 0. The summed E-state index contributed by atoms with van der Waals surface area (Å²) in [7, 11) is -1.86. The summed E-state index contributed by atoms with van der Waals surface area (Å²) in [5.41, 5.74) is -0.562. The lowest BCUT2D eigenvalue weighted by molar-refractivity contribution is 0.00578. The van der Waals surface area contributed by atoms with Gasteiger partial charge in [0.15, 0.2) is 8.32 Å². The van der Waals surface area contributed by atoms with Gasteiger partial charge in [-0.1, -0.05) is 26.8 Å². The van der Waals surface area contributed by atoms with Gasteiger partial charge in [-0.15, -0.1) is 6.58 Å². The standard InChI is InChI=1S/C18H37BO3Si/c1-11-15(19-21-17(5,6)18(7,8)22-19)13-12-14-20-23(9,10)16(2,3)4/h11,15H,1,12-14H2,2-10H3/t15-/m1/s1. The SMILES string of the molecule is C=C[C@H](CCCO[Si](C)(C)C(C)(C)C)B1OC(C)(C)C(C)(C)O1. The molecule has 0 bridgehead atoms. The molecule has 0 unspecified atom stereocenters. The van der Waals surface area contributed by atoms with Gasteiger partial charge in [-0.25, -0.2) is 0 Å². The summed E-state index contributed by atoms with van der Waals surface area (Å²) in [6.07, 6.45) is 3.96. The zero-order valence-corrected chi connectivity index (χ0v) is 17.8. The van der Waals surface area contributed by atoms with Gasteiger partial charge in [-0.3, -0.25) is 0 Å². The Morgan fingerprint density at radius 3 is 2.00 bits per heavy atom. The summed E-state index contributed by atoms with van der Waals surface area (Å²) >= 11 is 0. The minimum absolute atomic E-state index is 0.203. The Balaban J connectivity index is 2.49. The molecule has 1 saturated heterocycles. The molecule has 1 heterocycles. The summed E-state index contributed by atoms with van der Waals surface area (Å²) in [5, 5.41) is 0.260. The van der Waals surface area contributed by atoms with Gasteiger partial charge in [0.05, 0.1) is 11.2 Å². The van der Waals surface area contributed by atoms with Crippen LogP contribution >= 0.6 is 0 Å². The van der Waals surface area contributed by atoms with E-state index in [1.165, 1.54) is 0 Å². The van der Waals surface area contributed by atoms with Gasteiger partial charge >= 0.3 is 7.12 Å². The van der Waals surface area contributed by atoms with E-state index in [9.17, 15) is 0 Å². The predicted molar refractivity (Wildman–Crippen MR) is 102 cm³/mol. The van der Waals surface area contributed by atoms with E-state index in [1.54, 1.807) is 0 Å². The molecule has 1 rings (SSSR count). The van der Waals surface area contributed by atoms with Crippen LogP contribution in [0.3, 0.4) is 0 Å². The Hall–Kier alpha value is -0.0982. The number of rotatable bonds is 7. The third-order valence-electron chi connectivity index (χ3n) is 5.87. The molecule has 0 N–H and O–H groups in total. The van der Waals surface area contributed by atoms with Crippen molar-refractivity contribution in [3.05, 3.63) is 12.7 Å². The highest BCUT2D eigenvalue weighted by molar-refractivity contribution is 6.74. The first-order valence-electron chi connectivity index (χ1n) is 8.86. The van der Waals surface area contributed by atoms with Crippen molar-refractivity contribution in [2.24, 2.45) is 0 Å². The Morgan fingerprint density at radius 2 is 1.61 bits per heavy atom. The Bertz CT molecular complexity index is 397. The van der Waals surface area contributed by atoms with Gasteiger partial charge in [0.25, 0.3) is 0 Å². The van der Waals surface area contributed by atoms with Crippen molar-refractivity contribution in [1.82, 2.24) is 0 Å². The summed E-state index contributed by atoms with van der Waals surface area (Å²) < 4.78 is 18.5. The summed E-state index contributed by atoms with van der Waals surface area (Å²) in [6.45, 7) is 24.6. The molecule has 23 heavy (non-hydrogen) atoms. The van der Waals surface area contributed by atoms with Crippen LogP contribution in [-0.4, -0.2) is 33.2 Å². The molecule has 0 aliphatic carbocycles. The highest BCUT2D eigenvalue weighted by Gasteiger charge is 2.52. The maximum Gasteiger partial charge on any atom is 0.465 e. The maximum atomic E-state index is 6.26. The van der Waals surface area contributed by atoms with Crippen LogP contribution < -0.4 is 0 Å². The monoisotopic (exact) mass is 340 g/mol. The number of allylic oxidation sites excluding steroid dienone is 1. The van der Waals surface area contributed by atoms with Crippen LogP contribution in [0.15, 0.2) is 12.7 Å². The fourth-order valence-electron chi connectivity index (χ4n) is 2.29. The van der Waals surface area contributed by atoms with E-state index in [0.29, 0.717) is 0 Å². The fourth-order valence-corrected chi connectivity index (χ4v) is 3.38. The lowest BCUT2D eigenvalue weighted by Crippen LogP contribution is -2.41. The zero-order chi connectivity index (χ0) is 18.1. The second-order valence-electron chi connectivity index (χ2n) is 9.28. The molecule has 0 amide bonds. The van der Waals surface area contributed by atoms with Crippen molar-refractivity contribution in [3.8, 4) is 0 Å². The molecule has 1 atom stereocenters. The summed E-state index contributed by atoms with van der Waals surface area (Å²) in [4.78, 5) is 0. The molecule has 1 aliphatic rings. The van der Waals surface area contributed by atoms with Gasteiger partial charge in [-0.05, 0) is 58.7 Å². The lowest BCUT2D eigenvalue weighted by atomic mass is 9.69. The van der Waals surface area contributed by atoms with Gasteiger partial charge in [0.1, 0.15) is 0 Å². The second-order valence-corrected chi connectivity index (χ2v) is 14.1. The van der Waals surface area contributed by atoms with Crippen LogP contribution in [0.5, 0.6) is 0 Å². The first-order chi connectivity index (χ1) is 10.2. The first-order valence-corrected chi connectivity index (χ1v) is 11.8. The highest BCUT2D eigenvalue weighted by atomic mass is 28.4. The van der Waals surface area contributed by atoms with Crippen molar-refractivity contribution in [3.63, 3.8) is 0 Å². The average molecular weight is 340 g/mol. The van der Waals surface area contributed by atoms with Gasteiger partial charge in [-0.2, -0.15) is 0 Å². The Kier molecular flexibility index (Phi) is 6.40. The molecular formula is C18H37BO3Si. The van der Waals surface area contributed by atoms with E-state index in [2.05, 4.69) is 68.1 Å². The van der Waals surface area contributed by atoms with Crippen LogP contribution in [0.1, 0.15) is 61.3 Å². The van der Waals surface area contributed by atoms with Crippen molar-refractivity contribution in [2.45, 2.75) is 96.5 Å². The summed E-state index contributed by atoms with van der Waals surface area (Å²) in [6, 6.07) is 0. The van der Waals surface area contributed by atoms with Crippen LogP contribution in [0.4, 0.5) is 0 Å². The van der Waals surface area contributed by atoms with Crippen LogP contribution in [-0.2, 0) is 13.7 Å². The van der Waals surface area contributed by atoms with Gasteiger partial charge in [0, 0.05) is 12.4 Å². The van der Waals surface area contributed by atoms with Crippen LogP contribution in [0.2, 0.25) is 23.9 Å². The van der Waals surface area contributed by atoms with E-state index >= 15 is 0 Å². The molecule has 0 aromatic carbocycles. The zero-order valence-electron chi connectivity index (χ0n) is 16.8. The van der Waals surface area contributed by atoms with Crippen molar-refractivity contribution < 1.29 is 13.7 Å². The number of hydrogen-bond acceptors (Lipinski definition) is 3. The molecule has 134 valence electrons. The average Bonchev–Trinajstić information content (AvgIpc) is 2.56. The molecular weight excluding hydrogens is 303 g/mol. The largest absolute Gasteiger partial charge is 0.465 e. The van der Waals surface area contributed by atoms with Crippen molar-refractivity contribution in [2.75, 3.05) is 6.61 Å². The molecule has 0 spiro atoms. The molecule has 1 aliphatic heterocycles. The quantitative estimate of drug-likeness (QED) is 0.351. The smallest absolute Gasteiger partial charge is 0.417 e. The minimum atomic E-state index is -1.65. The molecule has 1 fully saturated rings. The van der Waals surface area contributed by atoms with Gasteiger partial charge in [0.2, 0.25) is 0 Å². The third-order valence-corrected chi connectivity index (χ3v) is 10.4. The van der Waals surface area contributed by atoms with Crippen LogP contribution in [0, 0.1) is 0 Å². The Morgan fingerprint density at radius 1 is 1.13 bits per heavy atom. The van der Waals surface area contributed by atoms with E-state index in [4.69, 9.17) is 13.7 Å². The molecule has 0 aromatic rings. The van der Waals surface area contributed by atoms with E-state index in [-0.39, 0.29) is 29.2 Å². The molecule has 0 saturated carbocycles. The van der Waals surface area contributed by atoms with E-state index in [0.717, 1.165) is 19.4 Å². The van der Waals surface area contributed by atoms with Crippen LogP contribution in [0.25, 0.3) is 0 Å². The van der Waals surface area contributed by atoms with Crippen molar-refractivity contribution >= 4 is 15.4 Å².